The predicted molar refractivity (Wildman–Crippen MR) is 96.6 cm³/mol. The lowest BCUT2D eigenvalue weighted by molar-refractivity contribution is 0.0600. The summed E-state index contributed by atoms with van der Waals surface area (Å²) in [6.07, 6.45) is 4.25. The van der Waals surface area contributed by atoms with Crippen molar-refractivity contribution in [3.63, 3.8) is 0 Å². The molecule has 5 nitrogen and oxygen atoms in total. The molecule has 128 valence electrons. The summed E-state index contributed by atoms with van der Waals surface area (Å²) in [4.78, 5) is 18.4. The largest absolute Gasteiger partial charge is 0.465 e. The van der Waals surface area contributed by atoms with E-state index < -0.39 is 0 Å². The lowest BCUT2D eigenvalue weighted by atomic mass is 10.0. The van der Waals surface area contributed by atoms with Crippen LogP contribution in [0.1, 0.15) is 45.9 Å². The first kappa shape index (κ1) is 15.7. The van der Waals surface area contributed by atoms with Crippen LogP contribution in [0.5, 0.6) is 0 Å². The number of hydrogen-bond donors (Lipinski definition) is 1. The summed E-state index contributed by atoms with van der Waals surface area (Å²) in [5, 5.41) is 3.40. The van der Waals surface area contributed by atoms with Crippen LogP contribution in [0.3, 0.4) is 0 Å². The van der Waals surface area contributed by atoms with Gasteiger partial charge in [-0.25, -0.2) is 4.79 Å². The van der Waals surface area contributed by atoms with Crippen molar-refractivity contribution in [2.45, 2.75) is 18.8 Å². The van der Waals surface area contributed by atoms with E-state index in [1.165, 1.54) is 25.5 Å². The number of carbonyl (C=O) groups excluding carboxylic acids is 1. The van der Waals surface area contributed by atoms with Gasteiger partial charge in [0.1, 0.15) is 0 Å². The second-order valence-corrected chi connectivity index (χ2v) is 6.57. The van der Waals surface area contributed by atoms with Crippen LogP contribution in [0.2, 0.25) is 0 Å². The molecule has 1 aliphatic heterocycles. The van der Waals surface area contributed by atoms with E-state index in [4.69, 9.17) is 4.74 Å². The van der Waals surface area contributed by atoms with Crippen LogP contribution in [0.15, 0.2) is 42.6 Å². The predicted octanol–water partition coefficient (Wildman–Crippen LogP) is 3.06. The van der Waals surface area contributed by atoms with E-state index >= 15 is 0 Å². The molecular formula is C20H21N3O2. The minimum absolute atomic E-state index is 0.356. The average Bonchev–Trinajstić information content (AvgIpc) is 3.43. The van der Waals surface area contributed by atoms with Crippen molar-refractivity contribution < 1.29 is 9.53 Å². The Kier molecular flexibility index (Phi) is 3.92. The van der Waals surface area contributed by atoms with Gasteiger partial charge in [0.2, 0.25) is 0 Å². The first-order valence-corrected chi connectivity index (χ1v) is 8.51. The maximum atomic E-state index is 11.8. The molecule has 1 fully saturated rings. The summed E-state index contributed by atoms with van der Waals surface area (Å²) in [6.45, 7) is 0.708. The van der Waals surface area contributed by atoms with Gasteiger partial charge in [-0.15, -0.1) is 0 Å². The second-order valence-electron chi connectivity index (χ2n) is 6.57. The standard InChI is InChI=1S/C20H21N3O2/c1-23-12-22-18(17-11-16(9-10-21-17)20(24)25-2)19(23)15-7-5-14(6-8-15)13-3-4-13/h5-11,13,22H,3-4,12H2,1-2H3. The van der Waals surface area contributed by atoms with Crippen LogP contribution in [-0.4, -0.2) is 36.7 Å². The van der Waals surface area contributed by atoms with E-state index in [0.29, 0.717) is 12.2 Å². The fourth-order valence-electron chi connectivity index (χ4n) is 3.27. The zero-order valence-electron chi connectivity index (χ0n) is 14.5. The van der Waals surface area contributed by atoms with Crippen LogP contribution in [-0.2, 0) is 4.74 Å². The van der Waals surface area contributed by atoms with Gasteiger partial charge in [0.15, 0.2) is 0 Å². The number of rotatable bonds is 4. The molecule has 0 spiro atoms. The minimum atomic E-state index is -0.356. The zero-order valence-corrected chi connectivity index (χ0v) is 14.5. The fraction of sp³-hybridized carbons (Fsp3) is 0.300. The van der Waals surface area contributed by atoms with Crippen molar-refractivity contribution >= 4 is 17.4 Å². The van der Waals surface area contributed by atoms with E-state index in [2.05, 4.69) is 39.5 Å². The summed E-state index contributed by atoms with van der Waals surface area (Å²) in [6, 6.07) is 12.2. The maximum Gasteiger partial charge on any atom is 0.337 e. The molecule has 0 bridgehead atoms. The molecule has 1 aromatic heterocycles. The highest BCUT2D eigenvalue weighted by atomic mass is 16.5. The zero-order chi connectivity index (χ0) is 17.4. The number of hydrogen-bond acceptors (Lipinski definition) is 5. The highest BCUT2D eigenvalue weighted by Gasteiger charge is 2.26. The maximum absolute atomic E-state index is 11.8. The molecule has 0 radical (unpaired) electrons. The quantitative estimate of drug-likeness (QED) is 0.870. The fourth-order valence-corrected chi connectivity index (χ4v) is 3.27. The van der Waals surface area contributed by atoms with Gasteiger partial charge in [0.25, 0.3) is 0 Å². The molecule has 0 saturated heterocycles. The number of esters is 1. The van der Waals surface area contributed by atoms with Crippen molar-refractivity contribution in [3.8, 4) is 0 Å². The van der Waals surface area contributed by atoms with E-state index in [0.717, 1.165) is 28.6 Å². The number of carbonyl (C=O) groups is 1. The van der Waals surface area contributed by atoms with Gasteiger partial charge in [0.05, 0.1) is 36.4 Å². The molecular weight excluding hydrogens is 314 g/mol. The number of pyridine rings is 1. The topological polar surface area (TPSA) is 54.5 Å². The monoisotopic (exact) mass is 335 g/mol. The average molecular weight is 335 g/mol. The van der Waals surface area contributed by atoms with Crippen LogP contribution in [0, 0.1) is 0 Å². The minimum Gasteiger partial charge on any atom is -0.465 e. The molecule has 2 heterocycles. The van der Waals surface area contributed by atoms with Gasteiger partial charge in [-0.3, -0.25) is 4.98 Å². The molecule has 5 heteroatoms. The summed E-state index contributed by atoms with van der Waals surface area (Å²) in [7, 11) is 3.43. The Morgan fingerprint density at radius 2 is 2.00 bits per heavy atom. The summed E-state index contributed by atoms with van der Waals surface area (Å²) >= 11 is 0. The molecule has 1 aromatic carbocycles. The molecule has 1 saturated carbocycles. The molecule has 2 aliphatic rings. The highest BCUT2D eigenvalue weighted by Crippen LogP contribution is 2.40. The molecule has 1 aliphatic carbocycles. The van der Waals surface area contributed by atoms with Gasteiger partial charge in [-0.05, 0) is 36.5 Å². The molecule has 2 aromatic rings. The SMILES string of the molecule is COC(=O)c1ccnc(C2=C(c3ccc(C4CC4)cc3)N(C)CN2)c1. The van der Waals surface area contributed by atoms with Crippen molar-refractivity contribution in [1.82, 2.24) is 15.2 Å². The third-order valence-electron chi connectivity index (χ3n) is 4.78. The van der Waals surface area contributed by atoms with Crippen molar-refractivity contribution in [2.75, 3.05) is 20.8 Å². The summed E-state index contributed by atoms with van der Waals surface area (Å²) in [5.74, 6) is 0.395. The normalized spacial score (nSPS) is 16.8. The lowest BCUT2D eigenvalue weighted by Crippen LogP contribution is -2.18. The number of ether oxygens (including phenoxy) is 1. The summed E-state index contributed by atoms with van der Waals surface area (Å²) < 4.78 is 4.81. The number of benzene rings is 1. The van der Waals surface area contributed by atoms with Gasteiger partial charge in [-0.2, -0.15) is 0 Å². The molecule has 1 N–H and O–H groups in total. The number of methoxy groups -OCH3 is 1. The molecule has 0 amide bonds. The highest BCUT2D eigenvalue weighted by molar-refractivity contribution is 5.93. The molecule has 25 heavy (non-hydrogen) atoms. The van der Waals surface area contributed by atoms with E-state index in [1.54, 1.807) is 18.3 Å². The smallest absolute Gasteiger partial charge is 0.337 e. The van der Waals surface area contributed by atoms with Crippen LogP contribution < -0.4 is 5.32 Å². The summed E-state index contributed by atoms with van der Waals surface area (Å²) in [5.41, 5.74) is 5.85. The first-order valence-electron chi connectivity index (χ1n) is 8.51. The Balaban J connectivity index is 1.74. The Morgan fingerprint density at radius 3 is 2.68 bits per heavy atom. The van der Waals surface area contributed by atoms with Gasteiger partial charge in [-0.1, -0.05) is 24.3 Å². The van der Waals surface area contributed by atoms with Gasteiger partial charge in [0, 0.05) is 18.8 Å². The Morgan fingerprint density at radius 1 is 1.24 bits per heavy atom. The van der Waals surface area contributed by atoms with E-state index in [-0.39, 0.29) is 5.97 Å². The number of nitrogens with zero attached hydrogens (tertiary/aromatic N) is 2. The number of aromatic nitrogens is 1. The van der Waals surface area contributed by atoms with Crippen LogP contribution >= 0.6 is 0 Å². The van der Waals surface area contributed by atoms with Gasteiger partial charge >= 0.3 is 5.97 Å². The molecule has 0 unspecified atom stereocenters. The second kappa shape index (κ2) is 6.24. The molecule has 4 rings (SSSR count). The Bertz CT molecular complexity index is 838. The number of nitrogens with one attached hydrogen (secondary N) is 1. The van der Waals surface area contributed by atoms with Crippen molar-refractivity contribution in [2.24, 2.45) is 0 Å². The Labute approximate surface area is 147 Å². The third kappa shape index (κ3) is 2.97. The Hall–Kier alpha value is -2.82. The third-order valence-corrected chi connectivity index (χ3v) is 4.78. The molecule has 0 atom stereocenters. The lowest BCUT2D eigenvalue weighted by Gasteiger charge is -2.16. The van der Waals surface area contributed by atoms with E-state index in [9.17, 15) is 4.79 Å². The van der Waals surface area contributed by atoms with Crippen LogP contribution in [0.25, 0.3) is 11.4 Å². The van der Waals surface area contributed by atoms with Crippen molar-refractivity contribution in [3.05, 3.63) is 65.0 Å². The van der Waals surface area contributed by atoms with Gasteiger partial charge < -0.3 is 15.0 Å². The van der Waals surface area contributed by atoms with Crippen molar-refractivity contribution in [1.29, 1.82) is 0 Å². The van der Waals surface area contributed by atoms with E-state index in [1.807, 2.05) is 7.05 Å². The first-order chi connectivity index (χ1) is 12.2. The van der Waals surface area contributed by atoms with Crippen LogP contribution in [0.4, 0.5) is 0 Å².